The first-order valence-corrected chi connectivity index (χ1v) is 18.7. The molecule has 1 aromatic heterocycles. The van der Waals surface area contributed by atoms with Gasteiger partial charge in [0.25, 0.3) is 0 Å². The van der Waals surface area contributed by atoms with Gasteiger partial charge >= 0.3 is 0 Å². The highest BCUT2D eigenvalue weighted by Gasteiger charge is 2.48. The molecule has 1 N–H and O–H groups in total. The van der Waals surface area contributed by atoms with E-state index in [-0.39, 0.29) is 22.9 Å². The highest BCUT2D eigenvalue weighted by Crippen LogP contribution is 2.36. The fourth-order valence-corrected chi connectivity index (χ4v) is 8.93. The predicted octanol–water partition coefficient (Wildman–Crippen LogP) is 3.27. The lowest BCUT2D eigenvalue weighted by Crippen LogP contribution is -2.64. The Morgan fingerprint density at radius 1 is 0.889 bits per heavy atom. The second-order valence-electron chi connectivity index (χ2n) is 11.0. The highest BCUT2D eigenvalue weighted by molar-refractivity contribution is 7.95. The van der Waals surface area contributed by atoms with Crippen LogP contribution in [0.5, 0.6) is 0 Å². The van der Waals surface area contributed by atoms with Crippen molar-refractivity contribution in [3.63, 3.8) is 0 Å². The summed E-state index contributed by atoms with van der Waals surface area (Å²) >= 11 is 11.4. The maximum absolute atomic E-state index is 12.8. The molecule has 15 heteroatoms. The summed E-state index contributed by atoms with van der Waals surface area (Å²) in [6.45, 7) is 2.88. The molecule has 0 aliphatic carbocycles. The van der Waals surface area contributed by atoms with E-state index in [0.29, 0.717) is 44.9 Å². The van der Waals surface area contributed by atoms with E-state index in [4.69, 9.17) is 32.7 Å². The van der Waals surface area contributed by atoms with Crippen LogP contribution >= 0.6 is 23.2 Å². The van der Waals surface area contributed by atoms with Crippen LogP contribution in [0.15, 0.2) is 88.9 Å². The molecule has 11 nitrogen and oxygen atoms in total. The molecule has 2 saturated heterocycles. The molecule has 4 heterocycles. The number of anilines is 1. The lowest BCUT2D eigenvalue weighted by atomic mass is 10.0. The van der Waals surface area contributed by atoms with Gasteiger partial charge in [-0.05, 0) is 35.9 Å². The van der Waals surface area contributed by atoms with E-state index in [2.05, 4.69) is 38.4 Å². The first kappa shape index (κ1) is 32.0. The SMILES string of the molecule is O=S(=O)(CCl)c1ccc(N2CCN(C3NC(c4ccccn4)=CN3C3(Cc4ccccc4)COCO3)CC2)cc1S(=O)(=O)CCl. The van der Waals surface area contributed by atoms with Gasteiger partial charge in [0.1, 0.15) is 17.2 Å². The molecule has 2 atom stereocenters. The van der Waals surface area contributed by atoms with Gasteiger partial charge in [0.15, 0.2) is 31.7 Å². The van der Waals surface area contributed by atoms with Crippen molar-refractivity contribution in [2.45, 2.75) is 28.2 Å². The number of nitrogens with zero attached hydrogens (tertiary/aromatic N) is 4. The second-order valence-corrected chi connectivity index (χ2v) is 16.1. The number of ether oxygens (including phenoxy) is 2. The summed E-state index contributed by atoms with van der Waals surface area (Å²) in [6.07, 6.45) is 4.13. The van der Waals surface area contributed by atoms with Crippen LogP contribution < -0.4 is 10.2 Å². The zero-order valence-electron chi connectivity index (χ0n) is 24.3. The van der Waals surface area contributed by atoms with Crippen LogP contribution in [0.25, 0.3) is 5.70 Å². The molecule has 3 aromatic rings. The van der Waals surface area contributed by atoms with Crippen LogP contribution in [0, 0.1) is 0 Å². The summed E-state index contributed by atoms with van der Waals surface area (Å²) in [7, 11) is -8.06. The molecule has 2 unspecified atom stereocenters. The zero-order valence-corrected chi connectivity index (χ0v) is 27.4. The quantitative estimate of drug-likeness (QED) is 0.315. The third-order valence-corrected chi connectivity index (χ3v) is 12.7. The van der Waals surface area contributed by atoms with Crippen molar-refractivity contribution in [3.8, 4) is 0 Å². The van der Waals surface area contributed by atoms with E-state index in [0.717, 1.165) is 17.0 Å². The van der Waals surface area contributed by atoms with Gasteiger partial charge in [-0.2, -0.15) is 0 Å². The van der Waals surface area contributed by atoms with Crippen molar-refractivity contribution in [1.82, 2.24) is 20.1 Å². The van der Waals surface area contributed by atoms with Crippen LogP contribution in [-0.2, 0) is 35.6 Å². The predicted molar refractivity (Wildman–Crippen MR) is 172 cm³/mol. The average molecular weight is 695 g/mol. The number of sulfone groups is 2. The number of pyridine rings is 1. The van der Waals surface area contributed by atoms with Gasteiger partial charge in [0.2, 0.25) is 0 Å². The summed E-state index contributed by atoms with van der Waals surface area (Å²) in [5.74, 6) is 0. The monoisotopic (exact) mass is 693 g/mol. The van der Waals surface area contributed by atoms with Gasteiger partial charge in [-0.25, -0.2) is 16.8 Å². The Balaban J connectivity index is 1.27. The molecule has 0 saturated carbocycles. The van der Waals surface area contributed by atoms with Crippen LogP contribution in [0.2, 0.25) is 0 Å². The molecule has 45 heavy (non-hydrogen) atoms. The molecule has 0 radical (unpaired) electrons. The van der Waals surface area contributed by atoms with Crippen LogP contribution in [0.1, 0.15) is 11.3 Å². The molecular weight excluding hydrogens is 661 g/mol. The zero-order chi connectivity index (χ0) is 31.7. The lowest BCUT2D eigenvalue weighted by Gasteiger charge is -2.47. The molecular formula is C30H33Cl2N5O6S2. The minimum atomic E-state index is -4.05. The second kappa shape index (κ2) is 13.1. The minimum Gasteiger partial charge on any atom is -0.369 e. The van der Waals surface area contributed by atoms with Crippen molar-refractivity contribution in [2.75, 3.05) is 54.9 Å². The summed E-state index contributed by atoms with van der Waals surface area (Å²) < 4.78 is 62.9. The molecule has 3 aliphatic heterocycles. The number of benzene rings is 2. The maximum Gasteiger partial charge on any atom is 0.193 e. The van der Waals surface area contributed by atoms with Crippen molar-refractivity contribution in [2.24, 2.45) is 0 Å². The summed E-state index contributed by atoms with van der Waals surface area (Å²) in [6, 6.07) is 20.2. The van der Waals surface area contributed by atoms with E-state index in [9.17, 15) is 16.8 Å². The number of hydrogen-bond acceptors (Lipinski definition) is 11. The Morgan fingerprint density at radius 2 is 1.60 bits per heavy atom. The number of nitrogens with one attached hydrogen (secondary N) is 1. The number of piperazine rings is 1. The van der Waals surface area contributed by atoms with E-state index >= 15 is 0 Å². The summed E-state index contributed by atoms with van der Waals surface area (Å²) in [4.78, 5) is 10.4. The molecule has 2 fully saturated rings. The van der Waals surface area contributed by atoms with Crippen LogP contribution in [0.3, 0.4) is 0 Å². The number of rotatable bonds is 10. The van der Waals surface area contributed by atoms with E-state index in [1.165, 1.54) is 12.1 Å². The van der Waals surface area contributed by atoms with Crippen LogP contribution in [0.4, 0.5) is 5.69 Å². The molecule has 0 bridgehead atoms. The number of halogens is 2. The first-order chi connectivity index (χ1) is 21.7. The Bertz CT molecular complexity index is 1750. The van der Waals surface area contributed by atoms with Crippen molar-refractivity contribution >= 4 is 54.3 Å². The minimum absolute atomic E-state index is 0.180. The molecule has 0 amide bonds. The normalized spacial score (nSPS) is 22.8. The van der Waals surface area contributed by atoms with Gasteiger partial charge in [-0.3, -0.25) is 9.88 Å². The molecule has 240 valence electrons. The van der Waals surface area contributed by atoms with E-state index in [1.54, 1.807) is 12.3 Å². The fraction of sp³-hybridized carbons (Fsp3) is 0.367. The Hall–Kier alpha value is -2.91. The molecule has 2 aromatic carbocycles. The van der Waals surface area contributed by atoms with Gasteiger partial charge in [-0.15, -0.1) is 23.2 Å². The summed E-state index contributed by atoms with van der Waals surface area (Å²) in [5, 5.41) is 2.17. The maximum atomic E-state index is 12.8. The Kier molecular flexibility index (Phi) is 9.31. The Labute approximate surface area is 273 Å². The van der Waals surface area contributed by atoms with Crippen molar-refractivity contribution in [1.29, 1.82) is 0 Å². The molecule has 3 aliphatic rings. The lowest BCUT2D eigenvalue weighted by molar-refractivity contribution is -0.135. The van der Waals surface area contributed by atoms with Crippen molar-refractivity contribution in [3.05, 3.63) is 90.4 Å². The largest absolute Gasteiger partial charge is 0.369 e. The first-order valence-electron chi connectivity index (χ1n) is 14.3. The third kappa shape index (κ3) is 6.53. The fourth-order valence-electron chi connectivity index (χ4n) is 5.91. The van der Waals surface area contributed by atoms with Gasteiger partial charge in [-0.1, -0.05) is 36.4 Å². The smallest absolute Gasteiger partial charge is 0.193 e. The van der Waals surface area contributed by atoms with Gasteiger partial charge in [0, 0.05) is 50.7 Å². The molecule has 0 spiro atoms. The average Bonchev–Trinajstić information content (AvgIpc) is 3.74. The van der Waals surface area contributed by atoms with E-state index < -0.39 is 35.8 Å². The third-order valence-electron chi connectivity index (χ3n) is 8.20. The van der Waals surface area contributed by atoms with Gasteiger partial charge in [0.05, 0.1) is 27.8 Å². The van der Waals surface area contributed by atoms with Crippen LogP contribution in [-0.4, -0.2) is 93.6 Å². The van der Waals surface area contributed by atoms with Gasteiger partial charge < -0.3 is 24.6 Å². The number of alkyl halides is 2. The topological polar surface area (TPSA) is 121 Å². The highest BCUT2D eigenvalue weighted by atomic mass is 35.5. The number of aromatic nitrogens is 1. The Morgan fingerprint density at radius 3 is 2.24 bits per heavy atom. The summed E-state index contributed by atoms with van der Waals surface area (Å²) in [5.41, 5.74) is 2.61. The standard InChI is InChI=1S/C30H33Cl2N5O6S2/c31-20-44(38,39)27-10-9-24(16-28(27)45(40,41)21-32)35-12-14-36(15-13-35)29-34-26(25-8-4-5-11-33-25)18-37(29)30(19-42-22-43-30)17-23-6-2-1-3-7-23/h1-11,16,18,29,34H,12-15,17,19-22H2. The van der Waals surface area contributed by atoms with Crippen molar-refractivity contribution < 1.29 is 26.3 Å². The number of hydrogen-bond donors (Lipinski definition) is 1. The molecule has 6 rings (SSSR count). The van der Waals surface area contributed by atoms with E-state index in [1.807, 2.05) is 41.3 Å².